The molecule has 1 heterocycles. The number of amides is 1. The lowest BCUT2D eigenvalue weighted by molar-refractivity contribution is -0.132. The van der Waals surface area contributed by atoms with Crippen LogP contribution in [0.25, 0.3) is 0 Å². The molecular formula is C11H19NO. The van der Waals surface area contributed by atoms with Gasteiger partial charge in [-0.3, -0.25) is 4.79 Å². The zero-order valence-electron chi connectivity index (χ0n) is 8.84. The van der Waals surface area contributed by atoms with Gasteiger partial charge in [0.2, 0.25) is 5.91 Å². The van der Waals surface area contributed by atoms with Crippen molar-refractivity contribution < 1.29 is 4.79 Å². The van der Waals surface area contributed by atoms with Crippen LogP contribution in [0.3, 0.4) is 0 Å². The minimum atomic E-state index is 0.101. The zero-order valence-corrected chi connectivity index (χ0v) is 8.84. The molecule has 0 aromatic rings. The van der Waals surface area contributed by atoms with E-state index in [1.165, 1.54) is 0 Å². The van der Waals surface area contributed by atoms with Crippen molar-refractivity contribution in [3.8, 4) is 0 Å². The van der Waals surface area contributed by atoms with E-state index in [9.17, 15) is 4.79 Å². The standard InChI is InChI=1S/C11H19NO/c1-4-8-9(5-2)12(3)10(13)11(8)6-7-11/h8-9H,4-7H2,1-3H3. The maximum atomic E-state index is 12.0. The van der Waals surface area contributed by atoms with E-state index >= 15 is 0 Å². The Hall–Kier alpha value is -0.530. The van der Waals surface area contributed by atoms with Crippen molar-refractivity contribution in [1.82, 2.24) is 4.90 Å². The molecule has 2 nitrogen and oxygen atoms in total. The number of likely N-dealkylation sites (tertiary alicyclic amines) is 1. The molecular weight excluding hydrogens is 162 g/mol. The molecule has 2 rings (SSSR count). The molecule has 2 heteroatoms. The van der Waals surface area contributed by atoms with Crippen LogP contribution in [-0.2, 0) is 4.79 Å². The molecule has 0 radical (unpaired) electrons. The highest BCUT2D eigenvalue weighted by molar-refractivity contribution is 5.88. The van der Waals surface area contributed by atoms with Gasteiger partial charge in [0, 0.05) is 13.1 Å². The Bertz CT molecular complexity index is 232. The lowest BCUT2D eigenvalue weighted by atomic mass is 9.84. The minimum absolute atomic E-state index is 0.101. The highest BCUT2D eigenvalue weighted by Crippen LogP contribution is 2.60. The molecule has 2 unspecified atom stereocenters. The van der Waals surface area contributed by atoms with E-state index in [1.807, 2.05) is 11.9 Å². The van der Waals surface area contributed by atoms with Crippen molar-refractivity contribution in [3.05, 3.63) is 0 Å². The third-order valence-corrected chi connectivity index (χ3v) is 4.06. The number of rotatable bonds is 2. The Morgan fingerprint density at radius 2 is 2.00 bits per heavy atom. The summed E-state index contributed by atoms with van der Waals surface area (Å²) in [7, 11) is 1.98. The molecule has 0 bridgehead atoms. The van der Waals surface area contributed by atoms with Gasteiger partial charge in [-0.1, -0.05) is 20.3 Å². The van der Waals surface area contributed by atoms with Gasteiger partial charge in [-0.15, -0.1) is 0 Å². The molecule has 1 aliphatic carbocycles. The van der Waals surface area contributed by atoms with Crippen LogP contribution in [0.1, 0.15) is 39.5 Å². The molecule has 2 atom stereocenters. The van der Waals surface area contributed by atoms with Gasteiger partial charge >= 0.3 is 0 Å². The first kappa shape index (κ1) is 9.04. The van der Waals surface area contributed by atoms with Gasteiger partial charge in [0.25, 0.3) is 0 Å². The van der Waals surface area contributed by atoms with Crippen molar-refractivity contribution in [3.63, 3.8) is 0 Å². The maximum absolute atomic E-state index is 12.0. The van der Waals surface area contributed by atoms with Crippen molar-refractivity contribution in [2.75, 3.05) is 7.05 Å². The molecule has 1 spiro atoms. The van der Waals surface area contributed by atoms with Crippen LogP contribution >= 0.6 is 0 Å². The molecule has 2 fully saturated rings. The van der Waals surface area contributed by atoms with Gasteiger partial charge in [0.1, 0.15) is 0 Å². The predicted octanol–water partition coefficient (Wildman–Crippen LogP) is 2.04. The molecule has 0 aromatic heterocycles. The molecule has 1 amide bonds. The van der Waals surface area contributed by atoms with Gasteiger partial charge < -0.3 is 4.90 Å². The lowest BCUT2D eigenvalue weighted by Gasteiger charge is -2.23. The van der Waals surface area contributed by atoms with E-state index in [1.54, 1.807) is 0 Å². The molecule has 0 N–H and O–H groups in total. The van der Waals surface area contributed by atoms with Crippen LogP contribution in [0.15, 0.2) is 0 Å². The van der Waals surface area contributed by atoms with E-state index in [-0.39, 0.29) is 5.41 Å². The van der Waals surface area contributed by atoms with Crippen LogP contribution in [0.5, 0.6) is 0 Å². The Kier molecular flexibility index (Phi) is 1.90. The summed E-state index contributed by atoms with van der Waals surface area (Å²) in [5.74, 6) is 1.06. The molecule has 1 saturated heterocycles. The smallest absolute Gasteiger partial charge is 0.229 e. The molecule has 74 valence electrons. The van der Waals surface area contributed by atoms with Crippen LogP contribution in [-0.4, -0.2) is 23.9 Å². The van der Waals surface area contributed by atoms with E-state index in [2.05, 4.69) is 13.8 Å². The van der Waals surface area contributed by atoms with Crippen molar-refractivity contribution >= 4 is 5.91 Å². The van der Waals surface area contributed by atoms with Gasteiger partial charge in [-0.2, -0.15) is 0 Å². The summed E-state index contributed by atoms with van der Waals surface area (Å²) in [4.78, 5) is 14.0. The predicted molar refractivity (Wildman–Crippen MR) is 52.3 cm³/mol. The van der Waals surface area contributed by atoms with Crippen molar-refractivity contribution in [2.45, 2.75) is 45.6 Å². The SMILES string of the molecule is CCC1C(CC)C2(CC2)C(=O)N1C. The average molecular weight is 181 g/mol. The molecule has 13 heavy (non-hydrogen) atoms. The van der Waals surface area contributed by atoms with E-state index in [0.717, 1.165) is 25.7 Å². The third kappa shape index (κ3) is 0.976. The van der Waals surface area contributed by atoms with Crippen LogP contribution in [0.2, 0.25) is 0 Å². The van der Waals surface area contributed by atoms with E-state index in [0.29, 0.717) is 17.9 Å². The number of carbonyl (C=O) groups is 1. The summed E-state index contributed by atoms with van der Waals surface area (Å²) in [6.45, 7) is 4.42. The molecule has 0 aromatic carbocycles. The first-order valence-corrected chi connectivity index (χ1v) is 5.44. The first-order valence-electron chi connectivity index (χ1n) is 5.44. The fraction of sp³-hybridized carbons (Fsp3) is 0.909. The minimum Gasteiger partial charge on any atom is -0.342 e. The topological polar surface area (TPSA) is 20.3 Å². The summed E-state index contributed by atoms with van der Waals surface area (Å²) >= 11 is 0. The lowest BCUT2D eigenvalue weighted by Crippen LogP contribution is -2.30. The van der Waals surface area contributed by atoms with Gasteiger partial charge in [-0.05, 0) is 25.2 Å². The van der Waals surface area contributed by atoms with Crippen molar-refractivity contribution in [2.24, 2.45) is 11.3 Å². The van der Waals surface area contributed by atoms with Crippen LogP contribution in [0.4, 0.5) is 0 Å². The molecule has 1 saturated carbocycles. The summed E-state index contributed by atoms with van der Waals surface area (Å²) < 4.78 is 0. The van der Waals surface area contributed by atoms with Gasteiger partial charge in [0.05, 0.1) is 5.41 Å². The Labute approximate surface area is 80.3 Å². The van der Waals surface area contributed by atoms with E-state index < -0.39 is 0 Å². The zero-order chi connectivity index (χ0) is 9.64. The average Bonchev–Trinajstić information content (AvgIpc) is 2.88. The van der Waals surface area contributed by atoms with Gasteiger partial charge in [-0.25, -0.2) is 0 Å². The highest BCUT2D eigenvalue weighted by Gasteiger charge is 2.63. The Morgan fingerprint density at radius 3 is 2.38 bits per heavy atom. The van der Waals surface area contributed by atoms with E-state index in [4.69, 9.17) is 0 Å². The quantitative estimate of drug-likeness (QED) is 0.638. The second kappa shape index (κ2) is 2.73. The summed E-state index contributed by atoms with van der Waals surface area (Å²) in [6.07, 6.45) is 4.56. The summed E-state index contributed by atoms with van der Waals surface area (Å²) in [5, 5.41) is 0. The molecule has 1 aliphatic heterocycles. The van der Waals surface area contributed by atoms with Crippen molar-refractivity contribution in [1.29, 1.82) is 0 Å². The van der Waals surface area contributed by atoms with Crippen LogP contribution in [0, 0.1) is 11.3 Å². The monoisotopic (exact) mass is 181 g/mol. The Balaban J connectivity index is 2.27. The summed E-state index contributed by atoms with van der Waals surface area (Å²) in [5.41, 5.74) is 0.101. The highest BCUT2D eigenvalue weighted by atomic mass is 16.2. The maximum Gasteiger partial charge on any atom is 0.229 e. The fourth-order valence-electron chi connectivity index (χ4n) is 3.24. The summed E-state index contributed by atoms with van der Waals surface area (Å²) in [6, 6.07) is 0.514. The number of hydrogen-bond acceptors (Lipinski definition) is 1. The largest absolute Gasteiger partial charge is 0.342 e. The number of nitrogens with zero attached hydrogens (tertiary/aromatic N) is 1. The first-order chi connectivity index (χ1) is 6.17. The normalized spacial score (nSPS) is 35.9. The fourth-order valence-corrected chi connectivity index (χ4v) is 3.24. The Morgan fingerprint density at radius 1 is 1.38 bits per heavy atom. The second-order valence-corrected chi connectivity index (χ2v) is 4.56. The number of hydrogen-bond donors (Lipinski definition) is 0. The number of carbonyl (C=O) groups excluding carboxylic acids is 1. The van der Waals surface area contributed by atoms with Gasteiger partial charge in [0.15, 0.2) is 0 Å². The second-order valence-electron chi connectivity index (χ2n) is 4.56. The third-order valence-electron chi connectivity index (χ3n) is 4.06. The molecule has 2 aliphatic rings. The van der Waals surface area contributed by atoms with Crippen LogP contribution < -0.4 is 0 Å².